The number of aryl methyl sites for hydroxylation is 2. The van der Waals surface area contributed by atoms with Gasteiger partial charge in [-0.25, -0.2) is 0 Å². The summed E-state index contributed by atoms with van der Waals surface area (Å²) >= 11 is 0. The third kappa shape index (κ3) is 4.68. The highest BCUT2D eigenvalue weighted by Gasteiger charge is 2.16. The maximum atomic E-state index is 12.5. The van der Waals surface area contributed by atoms with Gasteiger partial charge in [0.05, 0.1) is 23.4 Å². The molecule has 1 aromatic heterocycles. The Morgan fingerprint density at radius 1 is 1.20 bits per heavy atom. The van der Waals surface area contributed by atoms with E-state index < -0.39 is 0 Å². The average Bonchev–Trinajstić information content (AvgIpc) is 2.79. The van der Waals surface area contributed by atoms with Crippen LogP contribution in [0, 0.1) is 19.8 Å². The minimum Gasteiger partial charge on any atom is -0.352 e. The molecule has 0 fully saturated rings. The van der Waals surface area contributed by atoms with Gasteiger partial charge in [0.15, 0.2) is 0 Å². The van der Waals surface area contributed by atoms with Crippen LogP contribution in [0.3, 0.4) is 0 Å². The molecule has 0 radical (unpaired) electrons. The second-order valence-electron chi connectivity index (χ2n) is 6.65. The van der Waals surface area contributed by atoms with Crippen molar-refractivity contribution in [3.05, 3.63) is 46.8 Å². The molecule has 1 aromatic carbocycles. The van der Waals surface area contributed by atoms with E-state index in [1.54, 1.807) is 28.9 Å². The van der Waals surface area contributed by atoms with Crippen molar-refractivity contribution in [3.8, 4) is 0 Å². The number of carbonyl (C=O) groups is 2. The van der Waals surface area contributed by atoms with Gasteiger partial charge in [-0.2, -0.15) is 5.10 Å². The lowest BCUT2D eigenvalue weighted by molar-refractivity contribution is -0.115. The van der Waals surface area contributed by atoms with Gasteiger partial charge >= 0.3 is 0 Å². The van der Waals surface area contributed by atoms with Crippen LogP contribution >= 0.6 is 0 Å². The number of para-hydroxylation sites is 1. The first kappa shape index (κ1) is 18.7. The van der Waals surface area contributed by atoms with E-state index in [1.807, 2.05) is 34.7 Å². The molecule has 2 aromatic rings. The van der Waals surface area contributed by atoms with Crippen LogP contribution in [0.15, 0.2) is 24.3 Å². The molecule has 2 amide bonds. The summed E-state index contributed by atoms with van der Waals surface area (Å²) in [7, 11) is 1.86. The predicted octanol–water partition coefficient (Wildman–Crippen LogP) is 2.60. The molecule has 0 unspecified atom stereocenters. The summed E-state index contributed by atoms with van der Waals surface area (Å²) in [5.41, 5.74) is 3.72. The van der Waals surface area contributed by atoms with E-state index >= 15 is 0 Å². The van der Waals surface area contributed by atoms with Crippen LogP contribution in [0.2, 0.25) is 0 Å². The Labute approximate surface area is 148 Å². The smallest absolute Gasteiger partial charge is 0.253 e. The van der Waals surface area contributed by atoms with Gasteiger partial charge in [-0.1, -0.05) is 26.0 Å². The van der Waals surface area contributed by atoms with Crippen LogP contribution in [-0.2, 0) is 18.3 Å². The second-order valence-corrected chi connectivity index (χ2v) is 6.65. The van der Waals surface area contributed by atoms with E-state index in [2.05, 4.69) is 15.7 Å². The Balaban J connectivity index is 2.12. The number of nitrogens with zero attached hydrogens (tertiary/aromatic N) is 2. The van der Waals surface area contributed by atoms with Crippen molar-refractivity contribution >= 4 is 17.5 Å². The molecule has 0 aliphatic carbocycles. The zero-order chi connectivity index (χ0) is 18.6. The number of benzene rings is 1. The summed E-state index contributed by atoms with van der Waals surface area (Å²) in [6.45, 7) is 8.49. The zero-order valence-corrected chi connectivity index (χ0v) is 15.5. The van der Waals surface area contributed by atoms with Gasteiger partial charge in [-0.3, -0.25) is 14.3 Å². The molecule has 134 valence electrons. The molecule has 6 nitrogen and oxygen atoms in total. The van der Waals surface area contributed by atoms with Crippen molar-refractivity contribution in [2.45, 2.75) is 34.1 Å². The topological polar surface area (TPSA) is 76.0 Å². The number of amides is 2. The van der Waals surface area contributed by atoms with Crippen LogP contribution in [0.1, 0.15) is 41.2 Å². The molecule has 0 spiro atoms. The molecule has 0 saturated heterocycles. The van der Waals surface area contributed by atoms with Crippen molar-refractivity contribution in [3.63, 3.8) is 0 Å². The molecular formula is C19H26N4O2. The molecule has 0 bridgehead atoms. The Morgan fingerprint density at radius 2 is 1.88 bits per heavy atom. The largest absolute Gasteiger partial charge is 0.352 e. The van der Waals surface area contributed by atoms with Crippen molar-refractivity contribution in [1.29, 1.82) is 0 Å². The summed E-state index contributed by atoms with van der Waals surface area (Å²) in [5, 5.41) is 10.1. The molecule has 0 atom stereocenters. The normalized spacial score (nSPS) is 10.8. The monoisotopic (exact) mass is 342 g/mol. The summed E-state index contributed by atoms with van der Waals surface area (Å²) in [6, 6.07) is 7.04. The summed E-state index contributed by atoms with van der Waals surface area (Å²) < 4.78 is 1.77. The van der Waals surface area contributed by atoms with Gasteiger partial charge in [-0.05, 0) is 31.9 Å². The zero-order valence-electron chi connectivity index (χ0n) is 15.5. The number of aromatic nitrogens is 2. The predicted molar refractivity (Wildman–Crippen MR) is 98.6 cm³/mol. The number of hydrogen-bond acceptors (Lipinski definition) is 3. The van der Waals surface area contributed by atoms with Crippen molar-refractivity contribution in [2.24, 2.45) is 13.0 Å². The van der Waals surface area contributed by atoms with E-state index in [-0.39, 0.29) is 18.2 Å². The Kier molecular flexibility index (Phi) is 5.96. The van der Waals surface area contributed by atoms with E-state index in [1.165, 1.54) is 0 Å². The molecule has 2 rings (SSSR count). The lowest BCUT2D eigenvalue weighted by atomic mass is 10.1. The van der Waals surface area contributed by atoms with Gasteiger partial charge in [0.25, 0.3) is 5.91 Å². The Bertz CT molecular complexity index is 778. The third-order valence-corrected chi connectivity index (χ3v) is 4.11. The fraction of sp³-hybridized carbons (Fsp3) is 0.421. The molecular weight excluding hydrogens is 316 g/mol. The second kappa shape index (κ2) is 7.96. The van der Waals surface area contributed by atoms with Crippen LogP contribution in [-0.4, -0.2) is 28.1 Å². The van der Waals surface area contributed by atoms with Crippen molar-refractivity contribution < 1.29 is 9.59 Å². The van der Waals surface area contributed by atoms with Crippen LogP contribution in [0.25, 0.3) is 0 Å². The summed E-state index contributed by atoms with van der Waals surface area (Å²) in [5.74, 6) is 0.0175. The minimum absolute atomic E-state index is 0.164. The quantitative estimate of drug-likeness (QED) is 0.847. The van der Waals surface area contributed by atoms with Gasteiger partial charge in [0.1, 0.15) is 0 Å². The van der Waals surface area contributed by atoms with E-state index in [9.17, 15) is 9.59 Å². The van der Waals surface area contributed by atoms with Crippen molar-refractivity contribution in [1.82, 2.24) is 15.1 Å². The fourth-order valence-corrected chi connectivity index (χ4v) is 2.61. The first-order valence-electron chi connectivity index (χ1n) is 8.45. The minimum atomic E-state index is -0.182. The number of hydrogen-bond donors (Lipinski definition) is 2. The van der Waals surface area contributed by atoms with Gasteiger partial charge in [-0.15, -0.1) is 0 Å². The standard InChI is InChI=1S/C19H26N4O2/c1-12(2)11-20-19(25)15-8-6-7-9-17(15)21-18(24)10-16-13(3)22-23(5)14(16)4/h6-9,12H,10-11H2,1-5H3,(H,20,25)(H,21,24). The van der Waals surface area contributed by atoms with Gasteiger partial charge in [0, 0.05) is 24.8 Å². The van der Waals surface area contributed by atoms with E-state index in [0.717, 1.165) is 17.0 Å². The fourth-order valence-electron chi connectivity index (χ4n) is 2.61. The molecule has 0 aliphatic rings. The highest BCUT2D eigenvalue weighted by atomic mass is 16.2. The first-order chi connectivity index (χ1) is 11.8. The highest BCUT2D eigenvalue weighted by molar-refractivity contribution is 6.04. The first-order valence-corrected chi connectivity index (χ1v) is 8.45. The van der Waals surface area contributed by atoms with E-state index in [4.69, 9.17) is 0 Å². The van der Waals surface area contributed by atoms with E-state index in [0.29, 0.717) is 23.7 Å². The lowest BCUT2D eigenvalue weighted by Gasteiger charge is -2.12. The van der Waals surface area contributed by atoms with Crippen LogP contribution in [0.5, 0.6) is 0 Å². The molecule has 6 heteroatoms. The molecule has 0 saturated carbocycles. The molecule has 2 N–H and O–H groups in total. The van der Waals surface area contributed by atoms with Crippen molar-refractivity contribution in [2.75, 3.05) is 11.9 Å². The molecule has 25 heavy (non-hydrogen) atoms. The summed E-state index contributed by atoms with van der Waals surface area (Å²) in [4.78, 5) is 24.8. The van der Waals surface area contributed by atoms with Crippen LogP contribution < -0.4 is 10.6 Å². The Morgan fingerprint density at radius 3 is 2.48 bits per heavy atom. The number of carbonyl (C=O) groups excluding carboxylic acids is 2. The average molecular weight is 342 g/mol. The number of nitrogens with one attached hydrogen (secondary N) is 2. The lowest BCUT2D eigenvalue weighted by Crippen LogP contribution is -2.28. The maximum absolute atomic E-state index is 12.5. The third-order valence-electron chi connectivity index (χ3n) is 4.11. The molecule has 0 aliphatic heterocycles. The summed E-state index contributed by atoms with van der Waals surface area (Å²) in [6.07, 6.45) is 0.230. The number of anilines is 1. The SMILES string of the molecule is Cc1nn(C)c(C)c1CC(=O)Nc1ccccc1C(=O)NCC(C)C. The number of rotatable bonds is 6. The highest BCUT2D eigenvalue weighted by Crippen LogP contribution is 2.17. The molecule has 1 heterocycles. The van der Waals surface area contributed by atoms with Gasteiger partial charge in [0.2, 0.25) is 5.91 Å². The van der Waals surface area contributed by atoms with Gasteiger partial charge < -0.3 is 10.6 Å². The maximum Gasteiger partial charge on any atom is 0.253 e. The Hall–Kier alpha value is -2.63. The van der Waals surface area contributed by atoms with Crippen LogP contribution in [0.4, 0.5) is 5.69 Å².